The van der Waals surface area contributed by atoms with E-state index in [2.05, 4.69) is 0 Å². The third-order valence-electron chi connectivity index (χ3n) is 2.92. The number of benzene rings is 1. The van der Waals surface area contributed by atoms with Gasteiger partial charge in [0.15, 0.2) is 12.4 Å². The standard InChI is InChI=1S/C15H19Cl2NO4.ClH/c1-18(2)8-7-12(16)14(17)15(21)10-3-5-11(6-4-10)22-9-13(19)20;/h3-6,12,14H,7-9H2,1-2H3,(H,19,20);1H. The Hall–Kier alpha value is -1.01. The maximum absolute atomic E-state index is 12.2. The van der Waals surface area contributed by atoms with Crippen molar-refractivity contribution in [1.82, 2.24) is 4.90 Å². The number of ether oxygens (including phenoxy) is 1. The van der Waals surface area contributed by atoms with Gasteiger partial charge in [-0.3, -0.25) is 4.79 Å². The van der Waals surface area contributed by atoms with E-state index in [0.29, 0.717) is 17.7 Å². The Kier molecular flexibility index (Phi) is 10.2. The van der Waals surface area contributed by atoms with Gasteiger partial charge in [0.25, 0.3) is 0 Å². The molecule has 1 aromatic rings. The molecule has 8 heteroatoms. The summed E-state index contributed by atoms with van der Waals surface area (Å²) in [6, 6.07) is 6.15. The first-order valence-electron chi connectivity index (χ1n) is 6.73. The van der Waals surface area contributed by atoms with Crippen LogP contribution in [0.4, 0.5) is 0 Å². The Balaban J connectivity index is 0.00000484. The lowest BCUT2D eigenvalue weighted by molar-refractivity contribution is -0.139. The molecule has 2 unspecified atom stereocenters. The first-order valence-corrected chi connectivity index (χ1v) is 7.60. The molecule has 0 fully saturated rings. The predicted molar refractivity (Wildman–Crippen MR) is 93.6 cm³/mol. The van der Waals surface area contributed by atoms with E-state index in [1.165, 1.54) is 12.1 Å². The molecule has 0 aliphatic carbocycles. The molecule has 130 valence electrons. The number of carboxylic acids is 1. The number of nitrogens with zero attached hydrogens (tertiary/aromatic N) is 1. The van der Waals surface area contributed by atoms with Crippen LogP contribution in [0.3, 0.4) is 0 Å². The zero-order valence-electron chi connectivity index (χ0n) is 12.9. The first-order chi connectivity index (χ1) is 10.3. The second-order valence-electron chi connectivity index (χ2n) is 5.08. The fourth-order valence-electron chi connectivity index (χ4n) is 1.71. The maximum Gasteiger partial charge on any atom is 0.341 e. The van der Waals surface area contributed by atoms with E-state index >= 15 is 0 Å². The smallest absolute Gasteiger partial charge is 0.341 e. The van der Waals surface area contributed by atoms with Crippen molar-refractivity contribution in [2.45, 2.75) is 17.2 Å². The summed E-state index contributed by atoms with van der Waals surface area (Å²) in [4.78, 5) is 24.6. The van der Waals surface area contributed by atoms with Crippen LogP contribution in [0, 0.1) is 0 Å². The van der Waals surface area contributed by atoms with Gasteiger partial charge in [-0.05, 0) is 51.3 Å². The average Bonchev–Trinajstić information content (AvgIpc) is 2.49. The quantitative estimate of drug-likeness (QED) is 0.524. The van der Waals surface area contributed by atoms with E-state index in [9.17, 15) is 9.59 Å². The Labute approximate surface area is 151 Å². The van der Waals surface area contributed by atoms with Gasteiger partial charge in [-0.2, -0.15) is 0 Å². The largest absolute Gasteiger partial charge is 0.482 e. The number of rotatable bonds is 9. The molecule has 1 N–H and O–H groups in total. The van der Waals surface area contributed by atoms with Gasteiger partial charge >= 0.3 is 5.97 Å². The highest BCUT2D eigenvalue weighted by molar-refractivity contribution is 6.39. The number of aliphatic carboxylic acids is 1. The van der Waals surface area contributed by atoms with Crippen molar-refractivity contribution in [3.05, 3.63) is 29.8 Å². The van der Waals surface area contributed by atoms with Gasteiger partial charge in [0.2, 0.25) is 0 Å². The minimum atomic E-state index is -1.06. The number of alkyl halides is 2. The van der Waals surface area contributed by atoms with Crippen molar-refractivity contribution in [3.8, 4) is 5.75 Å². The molecule has 1 aromatic carbocycles. The Morgan fingerprint density at radius 3 is 2.26 bits per heavy atom. The van der Waals surface area contributed by atoms with Crippen LogP contribution < -0.4 is 4.74 Å². The minimum absolute atomic E-state index is 0. The van der Waals surface area contributed by atoms with Crippen LogP contribution in [0.5, 0.6) is 5.75 Å². The average molecular weight is 385 g/mol. The Morgan fingerprint density at radius 2 is 1.78 bits per heavy atom. The molecule has 0 saturated carbocycles. The summed E-state index contributed by atoms with van der Waals surface area (Å²) >= 11 is 12.3. The number of hydrogen-bond acceptors (Lipinski definition) is 4. The van der Waals surface area contributed by atoms with Crippen molar-refractivity contribution in [2.75, 3.05) is 27.2 Å². The third kappa shape index (κ3) is 7.88. The highest BCUT2D eigenvalue weighted by Crippen LogP contribution is 2.21. The minimum Gasteiger partial charge on any atom is -0.482 e. The summed E-state index contributed by atoms with van der Waals surface area (Å²) in [7, 11) is 3.84. The number of carboxylic acid groups (broad SMARTS) is 1. The van der Waals surface area contributed by atoms with Crippen LogP contribution in [-0.4, -0.2) is 59.8 Å². The van der Waals surface area contributed by atoms with Crippen molar-refractivity contribution in [2.24, 2.45) is 0 Å². The van der Waals surface area contributed by atoms with Crippen LogP contribution >= 0.6 is 35.6 Å². The van der Waals surface area contributed by atoms with Gasteiger partial charge in [-0.25, -0.2) is 4.79 Å². The second-order valence-corrected chi connectivity index (χ2v) is 6.11. The first kappa shape index (κ1) is 22.0. The summed E-state index contributed by atoms with van der Waals surface area (Å²) in [5.74, 6) is -0.947. The van der Waals surface area contributed by atoms with E-state index in [1.54, 1.807) is 12.1 Å². The van der Waals surface area contributed by atoms with E-state index < -0.39 is 23.3 Å². The molecule has 1 rings (SSSR count). The monoisotopic (exact) mass is 383 g/mol. The van der Waals surface area contributed by atoms with Gasteiger partial charge in [0.05, 0.1) is 5.38 Å². The number of ketones is 1. The van der Waals surface area contributed by atoms with Crippen molar-refractivity contribution >= 4 is 47.4 Å². The number of Topliss-reactive ketones (excluding diaryl/α,β-unsaturated/α-hetero) is 1. The van der Waals surface area contributed by atoms with Gasteiger partial charge in [-0.15, -0.1) is 35.6 Å². The Morgan fingerprint density at radius 1 is 1.22 bits per heavy atom. The molecule has 0 aromatic heterocycles. The van der Waals surface area contributed by atoms with Gasteiger partial charge in [0.1, 0.15) is 11.1 Å². The molecule has 0 aliphatic rings. The lowest BCUT2D eigenvalue weighted by atomic mass is 10.0. The third-order valence-corrected chi connectivity index (χ3v) is 4.02. The topological polar surface area (TPSA) is 66.8 Å². The molecule has 5 nitrogen and oxygen atoms in total. The molecular formula is C15H20Cl3NO4. The number of carbonyl (C=O) groups excluding carboxylic acids is 1. The molecule has 23 heavy (non-hydrogen) atoms. The van der Waals surface area contributed by atoms with Crippen LogP contribution in [0.1, 0.15) is 16.8 Å². The van der Waals surface area contributed by atoms with E-state index in [1.807, 2.05) is 19.0 Å². The van der Waals surface area contributed by atoms with Crippen molar-refractivity contribution in [1.29, 1.82) is 0 Å². The van der Waals surface area contributed by atoms with E-state index in [0.717, 1.165) is 6.54 Å². The SMILES string of the molecule is CN(C)CCC(Cl)C(Cl)C(=O)c1ccc(OCC(=O)O)cc1.Cl. The van der Waals surface area contributed by atoms with Crippen molar-refractivity contribution < 1.29 is 19.4 Å². The molecule has 2 atom stereocenters. The summed E-state index contributed by atoms with van der Waals surface area (Å²) in [6.07, 6.45) is 0.605. The molecule has 0 heterocycles. The molecule has 0 aliphatic heterocycles. The summed E-state index contributed by atoms with van der Waals surface area (Å²) in [5, 5.41) is 7.25. The van der Waals surface area contributed by atoms with E-state index in [4.69, 9.17) is 33.0 Å². The summed E-state index contributed by atoms with van der Waals surface area (Å²) in [5.41, 5.74) is 0.415. The van der Waals surface area contributed by atoms with Crippen molar-refractivity contribution in [3.63, 3.8) is 0 Å². The van der Waals surface area contributed by atoms with Crippen LogP contribution in [0.25, 0.3) is 0 Å². The molecule has 0 saturated heterocycles. The normalized spacial score (nSPS) is 13.1. The summed E-state index contributed by atoms with van der Waals surface area (Å²) < 4.78 is 5.00. The highest BCUT2D eigenvalue weighted by atomic mass is 35.5. The molecule has 0 amide bonds. The van der Waals surface area contributed by atoms with Crippen LogP contribution in [0.15, 0.2) is 24.3 Å². The number of halogens is 3. The Bertz CT molecular complexity index is 508. The molecule has 0 spiro atoms. The van der Waals surface area contributed by atoms with Gasteiger partial charge in [0, 0.05) is 5.56 Å². The lowest BCUT2D eigenvalue weighted by Gasteiger charge is -2.17. The molecule has 0 radical (unpaired) electrons. The zero-order chi connectivity index (χ0) is 16.7. The zero-order valence-corrected chi connectivity index (χ0v) is 15.2. The van der Waals surface area contributed by atoms with Crippen LogP contribution in [0.2, 0.25) is 0 Å². The lowest BCUT2D eigenvalue weighted by Crippen LogP contribution is -2.28. The van der Waals surface area contributed by atoms with Gasteiger partial charge < -0.3 is 14.7 Å². The van der Waals surface area contributed by atoms with Crippen LogP contribution in [-0.2, 0) is 4.79 Å². The van der Waals surface area contributed by atoms with Gasteiger partial charge in [-0.1, -0.05) is 0 Å². The highest BCUT2D eigenvalue weighted by Gasteiger charge is 2.25. The number of carbonyl (C=O) groups is 2. The fourth-order valence-corrected chi connectivity index (χ4v) is 2.18. The number of hydrogen-bond donors (Lipinski definition) is 1. The second kappa shape index (κ2) is 10.7. The predicted octanol–water partition coefficient (Wildman–Crippen LogP) is 2.92. The molecular weight excluding hydrogens is 365 g/mol. The maximum atomic E-state index is 12.2. The fraction of sp³-hybridized carbons (Fsp3) is 0.467. The molecule has 0 bridgehead atoms. The van der Waals surface area contributed by atoms with E-state index in [-0.39, 0.29) is 18.2 Å². The summed E-state index contributed by atoms with van der Waals surface area (Å²) in [6.45, 7) is 0.312.